The number of benzene rings is 2. The van der Waals surface area contributed by atoms with Gasteiger partial charge in [-0.05, 0) is 61.9 Å². The van der Waals surface area contributed by atoms with Crippen molar-refractivity contribution in [1.82, 2.24) is 20.2 Å². The van der Waals surface area contributed by atoms with Gasteiger partial charge in [0.25, 0.3) is 11.8 Å². The zero-order valence-electron chi connectivity index (χ0n) is 18.6. The summed E-state index contributed by atoms with van der Waals surface area (Å²) in [6, 6.07) is 13.6. The number of nitrogens with zero attached hydrogens (tertiary/aromatic N) is 3. The van der Waals surface area contributed by atoms with Gasteiger partial charge in [0.05, 0.1) is 0 Å². The predicted octanol–water partition coefficient (Wildman–Crippen LogP) is 4.32. The van der Waals surface area contributed by atoms with Crippen LogP contribution in [0.3, 0.4) is 0 Å². The lowest BCUT2D eigenvalue weighted by molar-refractivity contribution is 0.0723. The molecule has 2 amide bonds. The van der Waals surface area contributed by atoms with Crippen molar-refractivity contribution < 1.29 is 9.59 Å². The topological polar surface area (TPSA) is 75.2 Å². The third kappa shape index (κ3) is 4.85. The first kappa shape index (κ1) is 21.7. The average molecular weight is 429 g/mol. The van der Waals surface area contributed by atoms with Crippen LogP contribution in [0.1, 0.15) is 56.9 Å². The monoisotopic (exact) mass is 428 g/mol. The molecule has 0 saturated carbocycles. The van der Waals surface area contributed by atoms with Gasteiger partial charge in [-0.1, -0.05) is 30.3 Å². The summed E-state index contributed by atoms with van der Waals surface area (Å²) in [6.45, 7) is 5.53. The van der Waals surface area contributed by atoms with E-state index in [2.05, 4.69) is 15.3 Å². The van der Waals surface area contributed by atoms with Gasteiger partial charge in [0.15, 0.2) is 0 Å². The minimum Gasteiger partial charge on any atom is -0.348 e. The second kappa shape index (κ2) is 9.73. The summed E-state index contributed by atoms with van der Waals surface area (Å²) >= 11 is 0. The SMILES string of the molecule is Cc1ncc(CNC(=O)c2cc(-c3ccccc3)cc(C(=O)N3CCCCC3)c2C)cn1. The van der Waals surface area contributed by atoms with Crippen LogP contribution in [-0.2, 0) is 6.54 Å². The van der Waals surface area contributed by atoms with Crippen molar-refractivity contribution in [3.05, 3.63) is 82.9 Å². The molecule has 2 heterocycles. The van der Waals surface area contributed by atoms with E-state index in [0.29, 0.717) is 29.1 Å². The molecule has 32 heavy (non-hydrogen) atoms. The van der Waals surface area contributed by atoms with E-state index in [1.165, 1.54) is 0 Å². The minimum absolute atomic E-state index is 0.000894. The van der Waals surface area contributed by atoms with E-state index in [9.17, 15) is 9.59 Å². The summed E-state index contributed by atoms with van der Waals surface area (Å²) in [7, 11) is 0. The quantitative estimate of drug-likeness (QED) is 0.657. The lowest BCUT2D eigenvalue weighted by atomic mass is 9.93. The van der Waals surface area contributed by atoms with Crippen molar-refractivity contribution in [2.75, 3.05) is 13.1 Å². The second-order valence-corrected chi connectivity index (χ2v) is 8.24. The first-order chi connectivity index (χ1) is 15.5. The van der Waals surface area contributed by atoms with Crippen molar-refractivity contribution in [3.8, 4) is 11.1 Å². The van der Waals surface area contributed by atoms with Gasteiger partial charge in [-0.25, -0.2) is 9.97 Å². The molecule has 0 bridgehead atoms. The predicted molar refractivity (Wildman–Crippen MR) is 124 cm³/mol. The molecular formula is C26H28N4O2. The molecule has 1 fully saturated rings. The number of carbonyl (C=O) groups is 2. The molecule has 0 unspecified atom stereocenters. The summed E-state index contributed by atoms with van der Waals surface area (Å²) in [5, 5.41) is 2.96. The molecule has 6 nitrogen and oxygen atoms in total. The smallest absolute Gasteiger partial charge is 0.254 e. The highest BCUT2D eigenvalue weighted by Gasteiger charge is 2.23. The van der Waals surface area contributed by atoms with E-state index in [0.717, 1.165) is 49.0 Å². The molecule has 164 valence electrons. The Kier molecular flexibility index (Phi) is 6.59. The zero-order valence-corrected chi connectivity index (χ0v) is 18.6. The lowest BCUT2D eigenvalue weighted by Gasteiger charge is -2.28. The number of hydrogen-bond donors (Lipinski definition) is 1. The first-order valence-electron chi connectivity index (χ1n) is 11.1. The number of aryl methyl sites for hydroxylation is 1. The second-order valence-electron chi connectivity index (χ2n) is 8.24. The molecule has 1 aliphatic heterocycles. The average Bonchev–Trinajstić information content (AvgIpc) is 2.84. The number of aromatic nitrogens is 2. The van der Waals surface area contributed by atoms with E-state index >= 15 is 0 Å². The van der Waals surface area contributed by atoms with Crippen LogP contribution in [0.4, 0.5) is 0 Å². The molecule has 2 aromatic carbocycles. The Morgan fingerprint density at radius 2 is 1.56 bits per heavy atom. The molecule has 0 radical (unpaired) electrons. The fourth-order valence-electron chi connectivity index (χ4n) is 4.03. The van der Waals surface area contributed by atoms with Gasteiger partial charge in [0.1, 0.15) is 5.82 Å². The van der Waals surface area contributed by atoms with Gasteiger partial charge in [0, 0.05) is 48.7 Å². The van der Waals surface area contributed by atoms with E-state index < -0.39 is 0 Å². The molecule has 6 heteroatoms. The Morgan fingerprint density at radius 1 is 0.906 bits per heavy atom. The van der Waals surface area contributed by atoms with E-state index in [-0.39, 0.29) is 11.8 Å². The number of nitrogens with one attached hydrogen (secondary N) is 1. The van der Waals surface area contributed by atoms with Gasteiger partial charge in [0.2, 0.25) is 0 Å². The highest BCUT2D eigenvalue weighted by molar-refractivity contribution is 6.03. The van der Waals surface area contributed by atoms with Crippen molar-refractivity contribution >= 4 is 11.8 Å². The molecule has 1 aromatic heterocycles. The van der Waals surface area contributed by atoms with Crippen molar-refractivity contribution in [3.63, 3.8) is 0 Å². The zero-order chi connectivity index (χ0) is 22.5. The van der Waals surface area contributed by atoms with Gasteiger partial charge >= 0.3 is 0 Å². The maximum Gasteiger partial charge on any atom is 0.254 e. The summed E-state index contributed by atoms with van der Waals surface area (Å²) in [5.41, 5.74) is 4.47. The Bertz CT molecular complexity index is 1100. The number of amides is 2. The van der Waals surface area contributed by atoms with Crippen molar-refractivity contribution in [1.29, 1.82) is 0 Å². The molecule has 4 rings (SSSR count). The third-order valence-corrected chi connectivity index (χ3v) is 5.92. The summed E-state index contributed by atoms with van der Waals surface area (Å²) in [4.78, 5) is 36.8. The Morgan fingerprint density at radius 3 is 2.25 bits per heavy atom. The number of likely N-dealkylation sites (tertiary alicyclic amines) is 1. The van der Waals surface area contributed by atoms with Crippen LogP contribution in [0, 0.1) is 13.8 Å². The number of carbonyl (C=O) groups excluding carboxylic acids is 2. The Hall–Kier alpha value is -3.54. The van der Waals surface area contributed by atoms with Gasteiger partial charge in [-0.15, -0.1) is 0 Å². The van der Waals surface area contributed by atoms with Gasteiger partial charge < -0.3 is 10.2 Å². The standard InChI is InChI=1S/C26H28N4O2/c1-18-23(25(31)29-17-20-15-27-19(2)28-16-20)13-22(21-9-5-3-6-10-21)14-24(18)26(32)30-11-7-4-8-12-30/h3,5-6,9-10,13-16H,4,7-8,11-12,17H2,1-2H3,(H,29,31). The highest BCUT2D eigenvalue weighted by Crippen LogP contribution is 2.27. The summed E-state index contributed by atoms with van der Waals surface area (Å²) < 4.78 is 0. The van der Waals surface area contributed by atoms with Crippen molar-refractivity contribution in [2.45, 2.75) is 39.7 Å². The largest absolute Gasteiger partial charge is 0.348 e. The van der Waals surface area contributed by atoms with E-state index in [1.54, 1.807) is 12.4 Å². The van der Waals surface area contributed by atoms with Crippen LogP contribution >= 0.6 is 0 Å². The molecule has 0 spiro atoms. The summed E-state index contributed by atoms with van der Waals surface area (Å²) in [5.74, 6) is 0.474. The normalized spacial score (nSPS) is 13.6. The van der Waals surface area contributed by atoms with Crippen LogP contribution in [0.2, 0.25) is 0 Å². The fraction of sp³-hybridized carbons (Fsp3) is 0.308. The fourth-order valence-corrected chi connectivity index (χ4v) is 4.03. The van der Waals surface area contributed by atoms with Crippen LogP contribution < -0.4 is 5.32 Å². The van der Waals surface area contributed by atoms with Crippen LogP contribution in [-0.4, -0.2) is 39.8 Å². The van der Waals surface area contributed by atoms with Gasteiger partial charge in [-0.2, -0.15) is 0 Å². The first-order valence-corrected chi connectivity index (χ1v) is 11.1. The molecule has 1 aliphatic rings. The lowest BCUT2D eigenvalue weighted by Crippen LogP contribution is -2.36. The molecule has 1 N–H and O–H groups in total. The van der Waals surface area contributed by atoms with E-state index in [1.807, 2.05) is 61.2 Å². The van der Waals surface area contributed by atoms with Crippen LogP contribution in [0.5, 0.6) is 0 Å². The highest BCUT2D eigenvalue weighted by atomic mass is 16.2. The van der Waals surface area contributed by atoms with Gasteiger partial charge in [-0.3, -0.25) is 9.59 Å². The Balaban J connectivity index is 1.67. The van der Waals surface area contributed by atoms with E-state index in [4.69, 9.17) is 0 Å². The number of piperidine rings is 1. The third-order valence-electron chi connectivity index (χ3n) is 5.92. The maximum atomic E-state index is 13.4. The summed E-state index contributed by atoms with van der Waals surface area (Å²) in [6.07, 6.45) is 6.62. The van der Waals surface area contributed by atoms with Crippen molar-refractivity contribution in [2.24, 2.45) is 0 Å². The molecular weight excluding hydrogens is 400 g/mol. The van der Waals surface area contributed by atoms with Crippen LogP contribution in [0.25, 0.3) is 11.1 Å². The van der Waals surface area contributed by atoms with Crippen LogP contribution in [0.15, 0.2) is 54.9 Å². The Labute approximate surface area is 188 Å². The number of hydrogen-bond acceptors (Lipinski definition) is 4. The molecule has 0 aliphatic carbocycles. The molecule has 3 aromatic rings. The minimum atomic E-state index is -0.214. The number of rotatable bonds is 5. The molecule has 1 saturated heterocycles. The molecule has 0 atom stereocenters. The maximum absolute atomic E-state index is 13.4.